The number of alkyl halides is 2. The molecule has 0 aliphatic rings. The van der Waals surface area contributed by atoms with Crippen LogP contribution in [0, 0.1) is 0 Å². The zero-order valence-corrected chi connectivity index (χ0v) is 9.11. The molecule has 0 fully saturated rings. The Kier molecular flexibility index (Phi) is 4.13. The Bertz CT molecular complexity index is 380. The van der Waals surface area contributed by atoms with Crippen LogP contribution in [0.15, 0.2) is 27.7 Å². The molecule has 1 rings (SSSR count). The molecule has 0 aliphatic carbocycles. The minimum absolute atomic E-state index is 0.0354. The Hall–Kier alpha value is -0.840. The van der Waals surface area contributed by atoms with Crippen LogP contribution in [-0.2, 0) is 0 Å². The number of nitrogens with zero attached hydrogens (tertiary/aromatic N) is 1. The van der Waals surface area contributed by atoms with Crippen molar-refractivity contribution in [2.24, 2.45) is 4.99 Å². The van der Waals surface area contributed by atoms with Crippen molar-refractivity contribution in [2.75, 3.05) is 0 Å². The lowest BCUT2D eigenvalue weighted by Gasteiger charge is -2.06. The summed E-state index contributed by atoms with van der Waals surface area (Å²) in [5.41, 5.74) is 0.225. The van der Waals surface area contributed by atoms with Gasteiger partial charge in [-0.1, -0.05) is 15.9 Å². The van der Waals surface area contributed by atoms with Gasteiger partial charge in [0.15, 0.2) is 5.75 Å². The first-order chi connectivity index (χ1) is 6.63. The number of halogens is 3. The Morgan fingerprint density at radius 2 is 2.21 bits per heavy atom. The van der Waals surface area contributed by atoms with E-state index in [0.29, 0.717) is 4.47 Å². The van der Waals surface area contributed by atoms with Crippen LogP contribution in [0.5, 0.6) is 5.75 Å². The van der Waals surface area contributed by atoms with Gasteiger partial charge in [0.2, 0.25) is 0 Å². The van der Waals surface area contributed by atoms with Gasteiger partial charge in [-0.2, -0.15) is 13.8 Å². The van der Waals surface area contributed by atoms with E-state index < -0.39 is 6.61 Å². The van der Waals surface area contributed by atoms with Crippen molar-refractivity contribution in [3.05, 3.63) is 22.7 Å². The summed E-state index contributed by atoms with van der Waals surface area (Å²) in [5, 5.41) is 2.09. The summed E-state index contributed by atoms with van der Waals surface area (Å²) < 4.78 is 28.8. The zero-order chi connectivity index (χ0) is 10.6. The van der Waals surface area contributed by atoms with Gasteiger partial charge in [-0.3, -0.25) is 0 Å². The monoisotopic (exact) mass is 279 g/mol. The predicted octanol–water partition coefficient (Wildman–Crippen LogP) is 3.78. The van der Waals surface area contributed by atoms with E-state index in [4.69, 9.17) is 0 Å². The van der Waals surface area contributed by atoms with Crippen molar-refractivity contribution < 1.29 is 13.5 Å². The third-order valence-corrected chi connectivity index (χ3v) is 1.89. The molecule has 0 saturated carbocycles. The van der Waals surface area contributed by atoms with Crippen LogP contribution in [0.3, 0.4) is 0 Å². The standard InChI is InChI=1S/C8H4BrF2NOS/c9-5-1-2-6(12-4-14)7(3-5)13-8(10)11/h1-3,8H. The van der Waals surface area contributed by atoms with Gasteiger partial charge in [0.1, 0.15) is 5.69 Å². The molecule has 0 aliphatic heterocycles. The largest absolute Gasteiger partial charge is 0.432 e. The Morgan fingerprint density at radius 1 is 1.50 bits per heavy atom. The topological polar surface area (TPSA) is 21.6 Å². The summed E-state index contributed by atoms with van der Waals surface area (Å²) in [6, 6.07) is 4.53. The number of aliphatic imine (C=N–C) groups is 1. The van der Waals surface area contributed by atoms with E-state index in [9.17, 15) is 8.78 Å². The second kappa shape index (κ2) is 5.14. The smallest absolute Gasteiger partial charge is 0.387 e. The molecular weight excluding hydrogens is 276 g/mol. The minimum atomic E-state index is -2.89. The van der Waals surface area contributed by atoms with Crippen molar-refractivity contribution in [1.82, 2.24) is 0 Å². The van der Waals surface area contributed by atoms with E-state index in [1.807, 2.05) is 0 Å². The van der Waals surface area contributed by atoms with E-state index >= 15 is 0 Å². The first-order valence-electron chi connectivity index (χ1n) is 3.45. The third-order valence-electron chi connectivity index (χ3n) is 1.30. The second-order valence-corrected chi connectivity index (χ2v) is 3.29. The molecule has 0 radical (unpaired) electrons. The molecule has 0 aromatic heterocycles. The number of hydrogen-bond acceptors (Lipinski definition) is 3. The number of rotatable bonds is 3. The number of hydrogen-bond donors (Lipinski definition) is 0. The van der Waals surface area contributed by atoms with Crippen LogP contribution in [0.1, 0.15) is 0 Å². The minimum Gasteiger partial charge on any atom is -0.432 e. The highest BCUT2D eigenvalue weighted by molar-refractivity contribution is 9.10. The van der Waals surface area contributed by atoms with Crippen molar-refractivity contribution in [3.63, 3.8) is 0 Å². The maximum Gasteiger partial charge on any atom is 0.387 e. The summed E-state index contributed by atoms with van der Waals surface area (Å²) in [4.78, 5) is 3.59. The average Bonchev–Trinajstić information content (AvgIpc) is 2.09. The summed E-state index contributed by atoms with van der Waals surface area (Å²) >= 11 is 7.49. The number of thiocarbonyl (C=S) groups is 1. The maximum absolute atomic E-state index is 11.9. The molecule has 6 heteroatoms. The summed E-state index contributed by atoms with van der Waals surface area (Å²) in [7, 11) is 0. The van der Waals surface area contributed by atoms with Crippen LogP contribution in [0.2, 0.25) is 0 Å². The fraction of sp³-hybridized carbons (Fsp3) is 0.125. The second-order valence-electron chi connectivity index (χ2n) is 2.19. The molecule has 0 N–H and O–H groups in total. The molecule has 0 atom stereocenters. The Morgan fingerprint density at radius 3 is 2.79 bits per heavy atom. The van der Waals surface area contributed by atoms with Crippen molar-refractivity contribution in [3.8, 4) is 5.75 Å². The van der Waals surface area contributed by atoms with Gasteiger partial charge in [0.25, 0.3) is 0 Å². The van der Waals surface area contributed by atoms with Crippen molar-refractivity contribution >= 4 is 39.0 Å². The lowest BCUT2D eigenvalue weighted by atomic mass is 10.3. The first-order valence-corrected chi connectivity index (χ1v) is 4.66. The fourth-order valence-electron chi connectivity index (χ4n) is 0.820. The van der Waals surface area contributed by atoms with Crippen LogP contribution >= 0.6 is 28.1 Å². The van der Waals surface area contributed by atoms with Gasteiger partial charge in [-0.25, -0.2) is 0 Å². The quantitative estimate of drug-likeness (QED) is 0.620. The highest BCUT2D eigenvalue weighted by atomic mass is 79.9. The van der Waals surface area contributed by atoms with Crippen LogP contribution in [0.4, 0.5) is 14.5 Å². The highest BCUT2D eigenvalue weighted by Gasteiger charge is 2.09. The fourth-order valence-corrected chi connectivity index (χ4v) is 1.26. The average molecular weight is 280 g/mol. The third kappa shape index (κ3) is 3.14. The molecule has 74 valence electrons. The van der Waals surface area contributed by atoms with E-state index in [2.05, 4.69) is 43.0 Å². The van der Waals surface area contributed by atoms with Crippen molar-refractivity contribution in [2.45, 2.75) is 6.61 Å². The van der Waals surface area contributed by atoms with Crippen LogP contribution < -0.4 is 4.74 Å². The van der Waals surface area contributed by atoms with E-state index in [0.717, 1.165) is 0 Å². The van der Waals surface area contributed by atoms with E-state index in [-0.39, 0.29) is 11.4 Å². The molecule has 2 nitrogen and oxygen atoms in total. The molecule has 0 bridgehead atoms. The van der Waals surface area contributed by atoms with Gasteiger partial charge in [0, 0.05) is 4.47 Å². The molecule has 0 saturated heterocycles. The van der Waals surface area contributed by atoms with Gasteiger partial charge in [-0.15, -0.1) is 0 Å². The molecule has 0 heterocycles. The number of benzene rings is 1. The number of ether oxygens (including phenoxy) is 1. The molecule has 1 aromatic carbocycles. The Labute approximate surface area is 92.7 Å². The number of isothiocyanates is 1. The van der Waals surface area contributed by atoms with Gasteiger partial charge in [0.05, 0.1) is 5.16 Å². The molecule has 0 amide bonds. The first kappa shape index (κ1) is 11.2. The van der Waals surface area contributed by atoms with E-state index in [1.54, 1.807) is 6.07 Å². The van der Waals surface area contributed by atoms with Gasteiger partial charge in [-0.05, 0) is 30.4 Å². The van der Waals surface area contributed by atoms with Crippen molar-refractivity contribution in [1.29, 1.82) is 0 Å². The lowest BCUT2D eigenvalue weighted by molar-refractivity contribution is -0.0494. The molecule has 1 aromatic rings. The lowest BCUT2D eigenvalue weighted by Crippen LogP contribution is -2.01. The highest BCUT2D eigenvalue weighted by Crippen LogP contribution is 2.31. The van der Waals surface area contributed by atoms with Gasteiger partial charge < -0.3 is 4.74 Å². The molecular formula is C8H4BrF2NOS. The van der Waals surface area contributed by atoms with Crippen LogP contribution in [-0.4, -0.2) is 11.8 Å². The van der Waals surface area contributed by atoms with Crippen LogP contribution in [0.25, 0.3) is 0 Å². The Balaban J connectivity index is 3.08. The zero-order valence-electron chi connectivity index (χ0n) is 6.71. The summed E-state index contributed by atoms with van der Waals surface area (Å²) in [6.07, 6.45) is 0. The normalized spacial score (nSPS) is 9.71. The van der Waals surface area contributed by atoms with Gasteiger partial charge >= 0.3 is 6.61 Å². The molecule has 14 heavy (non-hydrogen) atoms. The predicted molar refractivity (Wildman–Crippen MR) is 55.5 cm³/mol. The molecule has 0 unspecified atom stereocenters. The van der Waals surface area contributed by atoms with E-state index in [1.165, 1.54) is 12.1 Å². The molecule has 0 spiro atoms. The SMILES string of the molecule is FC(F)Oc1cc(Br)ccc1N=C=S. The maximum atomic E-state index is 11.9. The summed E-state index contributed by atoms with van der Waals surface area (Å²) in [6.45, 7) is -2.89. The summed E-state index contributed by atoms with van der Waals surface area (Å²) in [5.74, 6) is -0.0354.